The normalized spacial score (nSPS) is 17.4. The topological polar surface area (TPSA) is 68.2 Å². The van der Waals surface area contributed by atoms with Gasteiger partial charge >= 0.3 is 12.1 Å². The largest absolute Gasteiger partial charge is 0.487 e. The Morgan fingerprint density at radius 3 is 2.47 bits per heavy atom. The van der Waals surface area contributed by atoms with Gasteiger partial charge in [-0.1, -0.05) is 43.3 Å². The molecule has 3 atom stereocenters. The van der Waals surface area contributed by atoms with E-state index >= 15 is 0 Å². The van der Waals surface area contributed by atoms with Crippen LogP contribution in [-0.4, -0.2) is 55.2 Å². The molecule has 0 amide bonds. The van der Waals surface area contributed by atoms with Crippen molar-refractivity contribution in [1.82, 2.24) is 4.90 Å². The standard InChI is InChI=1S/C29H34F3NO5/c1-5-33(28(35)19(2)38-23-9-7-6-8-10-23)18-21-17-22(29(30,31)32)12-13-24(21)25-15-20(16-27(34)37-4)11-14-26(25)36-3/h6-13,15,17,19,26,28,35H,5,14,16,18H2,1-4H3. The molecule has 3 unspecified atom stereocenters. The molecule has 1 N–H and O–H groups in total. The Bertz CT molecular complexity index is 1150. The van der Waals surface area contributed by atoms with Crippen molar-refractivity contribution in [3.05, 3.63) is 82.9 Å². The number of carbonyl (C=O) groups is 1. The van der Waals surface area contributed by atoms with Gasteiger partial charge in [-0.3, -0.25) is 9.69 Å². The second-order valence-electron chi connectivity index (χ2n) is 9.07. The molecule has 0 fully saturated rings. The van der Waals surface area contributed by atoms with Crippen molar-refractivity contribution in [2.45, 2.75) is 57.8 Å². The van der Waals surface area contributed by atoms with E-state index in [2.05, 4.69) is 0 Å². The number of aliphatic hydroxyl groups is 1. The number of para-hydroxylation sites is 1. The van der Waals surface area contributed by atoms with Crippen LogP contribution in [0.15, 0.2) is 66.3 Å². The Balaban J connectivity index is 1.98. The van der Waals surface area contributed by atoms with E-state index in [-0.39, 0.29) is 13.0 Å². The molecule has 9 heteroatoms. The van der Waals surface area contributed by atoms with Crippen LogP contribution in [-0.2, 0) is 27.0 Å². The number of halogens is 3. The van der Waals surface area contributed by atoms with Crippen molar-refractivity contribution in [1.29, 1.82) is 0 Å². The molecule has 1 aliphatic rings. The van der Waals surface area contributed by atoms with Crippen molar-refractivity contribution in [2.24, 2.45) is 0 Å². The van der Waals surface area contributed by atoms with E-state index in [1.54, 1.807) is 30.0 Å². The second kappa shape index (κ2) is 13.1. The second-order valence-corrected chi connectivity index (χ2v) is 9.07. The summed E-state index contributed by atoms with van der Waals surface area (Å²) in [6.45, 7) is 3.92. The highest BCUT2D eigenvalue weighted by atomic mass is 19.4. The number of carbonyl (C=O) groups excluding carboxylic acids is 1. The van der Waals surface area contributed by atoms with Crippen LogP contribution in [0, 0.1) is 0 Å². The molecule has 0 aromatic heterocycles. The number of ether oxygens (including phenoxy) is 3. The van der Waals surface area contributed by atoms with Gasteiger partial charge in [0, 0.05) is 13.7 Å². The Morgan fingerprint density at radius 2 is 1.87 bits per heavy atom. The molecule has 0 heterocycles. The monoisotopic (exact) mass is 533 g/mol. The molecule has 38 heavy (non-hydrogen) atoms. The average Bonchev–Trinajstić information content (AvgIpc) is 2.91. The first-order valence-electron chi connectivity index (χ1n) is 12.4. The maximum Gasteiger partial charge on any atom is 0.416 e. The van der Waals surface area contributed by atoms with Gasteiger partial charge in [0.05, 0.1) is 25.2 Å². The molecule has 0 spiro atoms. The average molecular weight is 534 g/mol. The van der Waals surface area contributed by atoms with Crippen LogP contribution in [0.4, 0.5) is 13.2 Å². The highest BCUT2D eigenvalue weighted by Crippen LogP contribution is 2.37. The minimum atomic E-state index is -4.54. The lowest BCUT2D eigenvalue weighted by atomic mass is 9.87. The SMILES string of the molecule is CCN(Cc1cc(C(F)(F)F)ccc1C1=CC(CC(=O)OC)=CCC1OC)C(O)C(C)Oc1ccccc1. The summed E-state index contributed by atoms with van der Waals surface area (Å²) < 4.78 is 57.4. The van der Waals surface area contributed by atoms with Crippen LogP contribution >= 0.6 is 0 Å². The number of benzene rings is 2. The van der Waals surface area contributed by atoms with E-state index in [4.69, 9.17) is 14.2 Å². The Hall–Kier alpha value is -3.14. The Morgan fingerprint density at radius 1 is 1.16 bits per heavy atom. The summed E-state index contributed by atoms with van der Waals surface area (Å²) in [4.78, 5) is 13.5. The Labute approximate surface area is 221 Å². The van der Waals surface area contributed by atoms with Gasteiger partial charge in [-0.05, 0) is 66.4 Å². The molecule has 0 aliphatic heterocycles. The van der Waals surface area contributed by atoms with Gasteiger partial charge in [-0.25, -0.2) is 0 Å². The quantitative estimate of drug-likeness (QED) is 0.299. The lowest BCUT2D eigenvalue weighted by Gasteiger charge is -2.32. The lowest BCUT2D eigenvalue weighted by Crippen LogP contribution is -2.44. The fourth-order valence-corrected chi connectivity index (χ4v) is 4.44. The number of hydrogen-bond donors (Lipinski definition) is 1. The first-order valence-corrected chi connectivity index (χ1v) is 12.4. The molecular weight excluding hydrogens is 499 g/mol. The summed E-state index contributed by atoms with van der Waals surface area (Å²) in [5.74, 6) is 0.165. The highest BCUT2D eigenvalue weighted by molar-refractivity contribution is 5.79. The number of esters is 1. The van der Waals surface area contributed by atoms with Gasteiger partial charge in [0.25, 0.3) is 0 Å². The number of methoxy groups -OCH3 is 2. The van der Waals surface area contributed by atoms with Gasteiger partial charge < -0.3 is 19.3 Å². The van der Waals surface area contributed by atoms with Crippen molar-refractivity contribution in [3.63, 3.8) is 0 Å². The summed E-state index contributed by atoms with van der Waals surface area (Å²) in [5.41, 5.74) is 1.51. The third-order valence-corrected chi connectivity index (χ3v) is 6.52. The van der Waals surface area contributed by atoms with Gasteiger partial charge in [0.1, 0.15) is 18.1 Å². The number of rotatable bonds is 11. The number of alkyl halides is 3. The molecule has 1 aliphatic carbocycles. The van der Waals surface area contributed by atoms with E-state index in [1.807, 2.05) is 31.2 Å². The predicted molar refractivity (Wildman–Crippen MR) is 138 cm³/mol. The zero-order valence-corrected chi connectivity index (χ0v) is 22.0. The smallest absolute Gasteiger partial charge is 0.416 e. The molecule has 0 saturated carbocycles. The van der Waals surface area contributed by atoms with Crippen LogP contribution < -0.4 is 4.74 Å². The number of allylic oxidation sites excluding steroid dienone is 1. The summed E-state index contributed by atoms with van der Waals surface area (Å²) in [6.07, 6.45) is -2.55. The summed E-state index contributed by atoms with van der Waals surface area (Å²) in [5, 5.41) is 11.1. The van der Waals surface area contributed by atoms with Crippen LogP contribution in [0.1, 0.15) is 43.4 Å². The van der Waals surface area contributed by atoms with Crippen molar-refractivity contribution in [2.75, 3.05) is 20.8 Å². The molecule has 0 radical (unpaired) electrons. The van der Waals surface area contributed by atoms with Gasteiger partial charge in [-0.15, -0.1) is 0 Å². The van der Waals surface area contributed by atoms with Gasteiger partial charge in [-0.2, -0.15) is 13.2 Å². The molecule has 2 aromatic rings. The molecule has 2 aromatic carbocycles. The maximum atomic E-state index is 13.7. The van der Waals surface area contributed by atoms with Crippen LogP contribution in [0.3, 0.4) is 0 Å². The molecule has 6 nitrogen and oxygen atoms in total. The third kappa shape index (κ3) is 7.46. The summed E-state index contributed by atoms with van der Waals surface area (Å²) in [6, 6.07) is 12.6. The number of aliphatic hydroxyl groups excluding tert-OH is 1. The van der Waals surface area contributed by atoms with Crippen LogP contribution in [0.5, 0.6) is 5.75 Å². The zero-order chi connectivity index (χ0) is 27.9. The van der Waals surface area contributed by atoms with E-state index in [1.165, 1.54) is 20.3 Å². The number of nitrogens with zero attached hydrogens (tertiary/aromatic N) is 1. The fourth-order valence-electron chi connectivity index (χ4n) is 4.44. The van der Waals surface area contributed by atoms with Crippen LogP contribution in [0.2, 0.25) is 0 Å². The minimum absolute atomic E-state index is 0.0310. The van der Waals surface area contributed by atoms with Crippen molar-refractivity contribution in [3.8, 4) is 5.75 Å². The van der Waals surface area contributed by atoms with Crippen molar-refractivity contribution < 1.29 is 37.3 Å². The third-order valence-electron chi connectivity index (χ3n) is 6.52. The first-order chi connectivity index (χ1) is 18.1. The zero-order valence-electron chi connectivity index (χ0n) is 22.0. The molecule has 206 valence electrons. The van der Waals surface area contributed by atoms with Gasteiger partial charge in [0.15, 0.2) is 0 Å². The summed E-state index contributed by atoms with van der Waals surface area (Å²) >= 11 is 0. The van der Waals surface area contributed by atoms with Gasteiger partial charge in [0.2, 0.25) is 0 Å². The molecule has 0 bridgehead atoms. The van der Waals surface area contributed by atoms with E-state index in [9.17, 15) is 23.1 Å². The fraction of sp³-hybridized carbons (Fsp3) is 0.414. The number of likely N-dealkylation sites (N-methyl/N-ethyl adjacent to an activating group) is 1. The molecule has 0 saturated heterocycles. The minimum Gasteiger partial charge on any atom is -0.487 e. The summed E-state index contributed by atoms with van der Waals surface area (Å²) in [7, 11) is 2.83. The number of hydrogen-bond acceptors (Lipinski definition) is 6. The molecular formula is C29H34F3NO5. The van der Waals surface area contributed by atoms with E-state index < -0.39 is 36.1 Å². The predicted octanol–water partition coefficient (Wildman–Crippen LogP) is 5.60. The van der Waals surface area contributed by atoms with Crippen molar-refractivity contribution >= 4 is 11.5 Å². The first kappa shape index (κ1) is 29.4. The maximum absolute atomic E-state index is 13.7. The lowest BCUT2D eigenvalue weighted by molar-refractivity contribution is -0.140. The van der Waals surface area contributed by atoms with Crippen LogP contribution in [0.25, 0.3) is 5.57 Å². The van der Waals surface area contributed by atoms with E-state index in [0.29, 0.717) is 41.0 Å². The Kier molecular flexibility index (Phi) is 10.1. The highest BCUT2D eigenvalue weighted by Gasteiger charge is 2.33. The molecule has 3 rings (SSSR count). The van der Waals surface area contributed by atoms with E-state index in [0.717, 1.165) is 12.1 Å².